The minimum Gasteiger partial charge on any atom is -0.454 e. The second kappa shape index (κ2) is 10.5. The first kappa shape index (κ1) is 24.6. The molecule has 4 heterocycles. The number of carbonyl (C=O) groups is 1. The molecule has 2 aliphatic rings. The zero-order valence-corrected chi connectivity index (χ0v) is 20.4. The van der Waals surface area contributed by atoms with Crippen LogP contribution in [0.2, 0.25) is 0 Å². The molecule has 192 valence electrons. The Kier molecular flexibility index (Phi) is 7.15. The molecule has 0 aliphatic carbocycles. The van der Waals surface area contributed by atoms with Crippen molar-refractivity contribution < 1.29 is 29.2 Å². The van der Waals surface area contributed by atoms with Crippen molar-refractivity contribution >= 4 is 16.9 Å². The second-order valence-electron chi connectivity index (χ2n) is 9.45. The van der Waals surface area contributed by atoms with Crippen LogP contribution in [0.15, 0.2) is 30.9 Å². The van der Waals surface area contributed by atoms with Crippen molar-refractivity contribution in [3.63, 3.8) is 0 Å². The molecule has 1 aromatic carbocycles. The van der Waals surface area contributed by atoms with E-state index < -0.39 is 24.5 Å². The molecule has 0 saturated carbocycles. The molecule has 0 bridgehead atoms. The highest BCUT2D eigenvalue weighted by atomic mass is 16.7. The van der Waals surface area contributed by atoms with Gasteiger partial charge in [-0.15, -0.1) is 0 Å². The molecular weight excluding hydrogens is 466 g/mol. The number of carbonyl (C=O) groups excluding carboxylic acids is 1. The summed E-state index contributed by atoms with van der Waals surface area (Å²) < 4.78 is 18.4. The SMILES string of the molecule is Cc1ncnc2c1ncn2[C@@H]1OC(CN(C)CCCCC(=O)Cc2ccc3c(c2)OCO3)[C@@H](O)[C@H]1O. The van der Waals surface area contributed by atoms with Gasteiger partial charge in [-0.1, -0.05) is 6.07 Å². The Morgan fingerprint density at radius 1 is 1.14 bits per heavy atom. The van der Waals surface area contributed by atoms with Gasteiger partial charge in [-0.05, 0) is 51.1 Å². The molecule has 11 nitrogen and oxygen atoms in total. The van der Waals surface area contributed by atoms with E-state index in [0.29, 0.717) is 42.0 Å². The van der Waals surface area contributed by atoms with Crippen LogP contribution in [0.5, 0.6) is 11.5 Å². The lowest BCUT2D eigenvalue weighted by molar-refractivity contribution is -0.118. The number of hydrogen-bond donors (Lipinski definition) is 2. The Morgan fingerprint density at radius 3 is 2.83 bits per heavy atom. The number of Topliss-reactive ketones (excluding diaryl/α,β-unsaturated/α-hetero) is 1. The van der Waals surface area contributed by atoms with Gasteiger partial charge in [-0.3, -0.25) is 9.36 Å². The molecular formula is C25H31N5O6. The molecule has 36 heavy (non-hydrogen) atoms. The highest BCUT2D eigenvalue weighted by Gasteiger charge is 2.44. The lowest BCUT2D eigenvalue weighted by atomic mass is 10.0. The van der Waals surface area contributed by atoms with Crippen LogP contribution in [0.4, 0.5) is 0 Å². The average Bonchev–Trinajstić information content (AvgIpc) is 3.56. The van der Waals surface area contributed by atoms with Gasteiger partial charge in [0.05, 0.1) is 12.0 Å². The normalized spacial score (nSPS) is 23.1. The van der Waals surface area contributed by atoms with Gasteiger partial charge in [-0.2, -0.15) is 0 Å². The molecule has 11 heteroatoms. The average molecular weight is 498 g/mol. The monoisotopic (exact) mass is 497 g/mol. The van der Waals surface area contributed by atoms with Crippen molar-refractivity contribution in [2.45, 2.75) is 57.1 Å². The molecule has 0 radical (unpaired) electrons. The molecule has 0 spiro atoms. The highest BCUT2D eigenvalue weighted by Crippen LogP contribution is 2.33. The molecule has 2 aliphatic heterocycles. The van der Waals surface area contributed by atoms with E-state index in [-0.39, 0.29) is 12.6 Å². The lowest BCUT2D eigenvalue weighted by Crippen LogP contribution is -2.38. The molecule has 2 N–H and O–H groups in total. The number of hydrogen-bond acceptors (Lipinski definition) is 10. The number of aliphatic hydroxyl groups excluding tert-OH is 2. The van der Waals surface area contributed by atoms with E-state index in [1.807, 2.05) is 37.1 Å². The summed E-state index contributed by atoms with van der Waals surface area (Å²) in [5.41, 5.74) is 2.85. The van der Waals surface area contributed by atoms with Crippen LogP contribution in [-0.2, 0) is 16.0 Å². The number of aromatic nitrogens is 4. The van der Waals surface area contributed by atoms with Crippen LogP contribution in [0.3, 0.4) is 0 Å². The number of rotatable bonds is 10. The predicted octanol–water partition coefficient (Wildman–Crippen LogP) is 1.40. The van der Waals surface area contributed by atoms with Gasteiger partial charge in [0.2, 0.25) is 6.79 Å². The number of nitrogens with zero attached hydrogens (tertiary/aromatic N) is 5. The van der Waals surface area contributed by atoms with Gasteiger partial charge in [0, 0.05) is 19.4 Å². The number of fused-ring (bicyclic) bond motifs is 2. The first-order valence-corrected chi connectivity index (χ1v) is 12.1. The Bertz CT molecular complexity index is 1230. The van der Waals surface area contributed by atoms with Gasteiger partial charge in [0.1, 0.15) is 35.9 Å². The van der Waals surface area contributed by atoms with E-state index in [2.05, 4.69) is 15.0 Å². The number of ketones is 1. The van der Waals surface area contributed by atoms with E-state index in [0.717, 1.165) is 30.6 Å². The molecule has 2 aromatic heterocycles. The standard InChI is InChI=1S/C25H31N5O6/c1-15-21-24(27-12-26-15)30(13-28-21)25-23(33)22(32)20(36-25)11-29(2)8-4-3-5-17(31)9-16-6-7-18-19(10-16)35-14-34-18/h6-7,10,12-13,20,22-23,25,32-33H,3-5,8-9,11,14H2,1-2H3/t20?,22-,23-,25-/m1/s1. The van der Waals surface area contributed by atoms with Crippen LogP contribution < -0.4 is 9.47 Å². The summed E-state index contributed by atoms with van der Waals surface area (Å²) >= 11 is 0. The van der Waals surface area contributed by atoms with E-state index in [4.69, 9.17) is 14.2 Å². The number of aryl methyl sites for hydroxylation is 1. The fraction of sp³-hybridized carbons (Fsp3) is 0.520. The largest absolute Gasteiger partial charge is 0.454 e. The van der Waals surface area contributed by atoms with Crippen LogP contribution >= 0.6 is 0 Å². The fourth-order valence-electron chi connectivity index (χ4n) is 4.73. The number of unbranched alkanes of at least 4 members (excludes halogenated alkanes) is 1. The smallest absolute Gasteiger partial charge is 0.231 e. The Hall–Kier alpha value is -3.12. The summed E-state index contributed by atoms with van der Waals surface area (Å²) in [5.74, 6) is 1.59. The van der Waals surface area contributed by atoms with Gasteiger partial charge in [0.25, 0.3) is 0 Å². The summed E-state index contributed by atoms with van der Waals surface area (Å²) in [6.45, 7) is 3.24. The maximum atomic E-state index is 12.4. The van der Waals surface area contributed by atoms with Gasteiger partial charge in [-0.25, -0.2) is 15.0 Å². The van der Waals surface area contributed by atoms with Crippen LogP contribution in [-0.4, -0.2) is 85.7 Å². The van der Waals surface area contributed by atoms with E-state index >= 15 is 0 Å². The molecule has 0 amide bonds. The summed E-state index contributed by atoms with van der Waals surface area (Å²) in [5, 5.41) is 21.3. The molecule has 1 unspecified atom stereocenters. The third-order valence-corrected chi connectivity index (χ3v) is 6.73. The van der Waals surface area contributed by atoms with Crippen molar-refractivity contribution in [2.75, 3.05) is 26.9 Å². The number of imidazole rings is 1. The van der Waals surface area contributed by atoms with Gasteiger partial charge >= 0.3 is 0 Å². The third-order valence-electron chi connectivity index (χ3n) is 6.73. The van der Waals surface area contributed by atoms with Crippen molar-refractivity contribution in [1.29, 1.82) is 0 Å². The van der Waals surface area contributed by atoms with Crippen molar-refractivity contribution in [2.24, 2.45) is 0 Å². The summed E-state index contributed by atoms with van der Waals surface area (Å²) in [6, 6.07) is 5.60. The van der Waals surface area contributed by atoms with Gasteiger partial charge in [0.15, 0.2) is 23.4 Å². The maximum Gasteiger partial charge on any atom is 0.231 e. The molecule has 3 aromatic rings. The number of benzene rings is 1. The van der Waals surface area contributed by atoms with Crippen molar-refractivity contribution in [1.82, 2.24) is 24.4 Å². The Labute approximate surface area is 208 Å². The first-order valence-electron chi connectivity index (χ1n) is 12.1. The minimum absolute atomic E-state index is 0.184. The number of likely N-dealkylation sites (N-methyl/N-ethyl adjacent to an activating group) is 1. The van der Waals surface area contributed by atoms with Crippen LogP contribution in [0.25, 0.3) is 11.2 Å². The first-order chi connectivity index (χ1) is 17.4. The predicted molar refractivity (Wildman–Crippen MR) is 129 cm³/mol. The summed E-state index contributed by atoms with van der Waals surface area (Å²) in [7, 11) is 1.94. The molecule has 1 fully saturated rings. The zero-order chi connectivity index (χ0) is 25.2. The van der Waals surface area contributed by atoms with Gasteiger partial charge < -0.3 is 29.3 Å². The summed E-state index contributed by atoms with van der Waals surface area (Å²) in [6.07, 6.45) is 1.98. The Balaban J connectivity index is 1.07. The van der Waals surface area contributed by atoms with Crippen LogP contribution in [0, 0.1) is 6.92 Å². The Morgan fingerprint density at radius 2 is 1.97 bits per heavy atom. The molecule has 1 saturated heterocycles. The quantitative estimate of drug-likeness (QED) is 0.396. The summed E-state index contributed by atoms with van der Waals surface area (Å²) in [4.78, 5) is 27.2. The fourth-order valence-corrected chi connectivity index (χ4v) is 4.73. The van der Waals surface area contributed by atoms with Crippen molar-refractivity contribution in [3.8, 4) is 11.5 Å². The molecule has 5 rings (SSSR count). The van der Waals surface area contributed by atoms with E-state index in [1.54, 1.807) is 10.9 Å². The highest BCUT2D eigenvalue weighted by molar-refractivity contribution is 5.81. The minimum atomic E-state index is -1.11. The zero-order valence-electron chi connectivity index (χ0n) is 20.4. The van der Waals surface area contributed by atoms with Crippen LogP contribution in [0.1, 0.15) is 36.7 Å². The number of ether oxygens (including phenoxy) is 3. The molecule has 4 atom stereocenters. The second-order valence-corrected chi connectivity index (χ2v) is 9.45. The maximum absolute atomic E-state index is 12.4. The van der Waals surface area contributed by atoms with Crippen molar-refractivity contribution in [3.05, 3.63) is 42.1 Å². The topological polar surface area (TPSA) is 132 Å². The van der Waals surface area contributed by atoms with E-state index in [1.165, 1.54) is 6.33 Å². The lowest BCUT2D eigenvalue weighted by Gasteiger charge is -2.22. The van der Waals surface area contributed by atoms with E-state index in [9.17, 15) is 15.0 Å². The third kappa shape index (κ3) is 5.05. The number of aliphatic hydroxyl groups is 2.